The molecule has 2 fully saturated rings. The number of carboxylic acid groups (broad SMARTS) is 1. The highest BCUT2D eigenvalue weighted by Gasteiger charge is 2.35. The first-order valence-electron chi connectivity index (χ1n) is 15.4. The lowest BCUT2D eigenvalue weighted by Crippen LogP contribution is -2.56. The lowest BCUT2D eigenvalue weighted by molar-refractivity contribution is -0.137. The van der Waals surface area contributed by atoms with Gasteiger partial charge in [0.1, 0.15) is 5.75 Å². The van der Waals surface area contributed by atoms with Gasteiger partial charge < -0.3 is 15.1 Å². The minimum Gasteiger partial charge on any atom is -0.508 e. The number of benzene rings is 3. The maximum atomic E-state index is 13.7. The third-order valence-corrected chi connectivity index (χ3v) is 8.88. The van der Waals surface area contributed by atoms with E-state index in [0.29, 0.717) is 31.1 Å². The van der Waals surface area contributed by atoms with Crippen molar-refractivity contribution in [2.45, 2.75) is 51.4 Å². The smallest absolute Gasteiger partial charge is 0.303 e. The second kappa shape index (κ2) is 14.2. The molecular weight excluding hydrogens is 540 g/mol. The molecule has 2 aliphatic rings. The van der Waals surface area contributed by atoms with E-state index in [4.69, 9.17) is 5.11 Å². The van der Waals surface area contributed by atoms with E-state index in [1.54, 1.807) is 6.07 Å². The Kier molecular flexibility index (Phi) is 10.1. The number of nitrogens with zero attached hydrogens (tertiary/aromatic N) is 4. The SMILES string of the molecule is C[C@@H]1CN(C(c2cccc(O)c2)c2cccc(C(=O)N3CCN(CCCC(=O)O)CC3)c2)[C@H](C)CN1Cc1ccccc1. The molecule has 5 rings (SSSR count). The van der Waals surface area contributed by atoms with E-state index < -0.39 is 5.97 Å². The number of carbonyl (C=O) groups excluding carboxylic acids is 1. The van der Waals surface area contributed by atoms with Crippen LogP contribution in [0, 0.1) is 0 Å². The summed E-state index contributed by atoms with van der Waals surface area (Å²) in [5.74, 6) is -0.509. The van der Waals surface area contributed by atoms with Crippen molar-refractivity contribution in [3.05, 3.63) is 101 Å². The molecule has 3 aromatic carbocycles. The van der Waals surface area contributed by atoms with Gasteiger partial charge in [-0.3, -0.25) is 24.3 Å². The summed E-state index contributed by atoms with van der Waals surface area (Å²) >= 11 is 0. The molecule has 8 nitrogen and oxygen atoms in total. The molecule has 43 heavy (non-hydrogen) atoms. The van der Waals surface area contributed by atoms with E-state index in [9.17, 15) is 14.7 Å². The minimum atomic E-state index is -0.768. The molecule has 0 spiro atoms. The number of piperazine rings is 2. The monoisotopic (exact) mass is 584 g/mol. The fourth-order valence-electron chi connectivity index (χ4n) is 6.55. The van der Waals surface area contributed by atoms with Crippen LogP contribution in [0.2, 0.25) is 0 Å². The molecule has 0 saturated carbocycles. The Balaban J connectivity index is 1.33. The Bertz CT molecular complexity index is 1380. The predicted molar refractivity (Wildman–Crippen MR) is 168 cm³/mol. The maximum Gasteiger partial charge on any atom is 0.303 e. The van der Waals surface area contributed by atoms with Gasteiger partial charge in [-0.05, 0) is 67.8 Å². The van der Waals surface area contributed by atoms with Crippen molar-refractivity contribution < 1.29 is 19.8 Å². The summed E-state index contributed by atoms with van der Waals surface area (Å²) in [4.78, 5) is 33.7. The van der Waals surface area contributed by atoms with Crippen molar-refractivity contribution in [3.8, 4) is 5.75 Å². The van der Waals surface area contributed by atoms with Crippen LogP contribution in [-0.4, -0.2) is 99.6 Å². The summed E-state index contributed by atoms with van der Waals surface area (Å²) in [6.45, 7) is 10.7. The third kappa shape index (κ3) is 7.82. The van der Waals surface area contributed by atoms with E-state index in [1.807, 2.05) is 35.2 Å². The van der Waals surface area contributed by atoms with Crippen LogP contribution in [0.1, 0.15) is 59.8 Å². The van der Waals surface area contributed by atoms with Gasteiger partial charge in [-0.25, -0.2) is 0 Å². The molecule has 0 bridgehead atoms. The van der Waals surface area contributed by atoms with Crippen molar-refractivity contribution in [2.24, 2.45) is 0 Å². The molecule has 0 aromatic heterocycles. The molecule has 2 heterocycles. The van der Waals surface area contributed by atoms with Gasteiger partial charge in [0.2, 0.25) is 0 Å². The number of rotatable bonds is 10. The van der Waals surface area contributed by atoms with E-state index in [2.05, 4.69) is 71.0 Å². The van der Waals surface area contributed by atoms with E-state index in [-0.39, 0.29) is 30.2 Å². The number of hydrogen-bond donors (Lipinski definition) is 2. The normalized spacial score (nSPS) is 21.0. The zero-order valence-electron chi connectivity index (χ0n) is 25.3. The van der Waals surface area contributed by atoms with Crippen LogP contribution in [0.3, 0.4) is 0 Å². The Labute approximate surface area is 255 Å². The van der Waals surface area contributed by atoms with Gasteiger partial charge in [-0.15, -0.1) is 0 Å². The number of carbonyl (C=O) groups is 2. The fraction of sp³-hybridized carbons (Fsp3) is 0.429. The van der Waals surface area contributed by atoms with Crippen molar-refractivity contribution >= 4 is 11.9 Å². The van der Waals surface area contributed by atoms with Gasteiger partial charge in [-0.2, -0.15) is 0 Å². The lowest BCUT2D eigenvalue weighted by atomic mass is 9.92. The highest BCUT2D eigenvalue weighted by molar-refractivity contribution is 5.94. The number of aromatic hydroxyl groups is 1. The molecule has 2 aliphatic heterocycles. The summed E-state index contributed by atoms with van der Waals surface area (Å²) < 4.78 is 0. The van der Waals surface area contributed by atoms with Crippen LogP contribution in [-0.2, 0) is 11.3 Å². The highest BCUT2D eigenvalue weighted by atomic mass is 16.4. The third-order valence-electron chi connectivity index (χ3n) is 8.88. The highest BCUT2D eigenvalue weighted by Crippen LogP contribution is 2.35. The van der Waals surface area contributed by atoms with Crippen molar-refractivity contribution in [1.29, 1.82) is 0 Å². The molecule has 228 valence electrons. The van der Waals surface area contributed by atoms with Gasteiger partial charge in [0.25, 0.3) is 5.91 Å². The number of hydrogen-bond acceptors (Lipinski definition) is 6. The molecule has 3 aromatic rings. The molecule has 1 amide bonds. The quantitative estimate of drug-likeness (QED) is 0.357. The topological polar surface area (TPSA) is 87.6 Å². The van der Waals surface area contributed by atoms with Gasteiger partial charge >= 0.3 is 5.97 Å². The van der Waals surface area contributed by atoms with Crippen LogP contribution >= 0.6 is 0 Å². The Morgan fingerprint density at radius 3 is 2.23 bits per heavy atom. The molecular formula is C35H44N4O4. The van der Waals surface area contributed by atoms with E-state index in [0.717, 1.165) is 50.4 Å². The van der Waals surface area contributed by atoms with Crippen LogP contribution in [0.5, 0.6) is 5.75 Å². The van der Waals surface area contributed by atoms with E-state index >= 15 is 0 Å². The molecule has 0 radical (unpaired) electrons. The largest absolute Gasteiger partial charge is 0.508 e. The van der Waals surface area contributed by atoms with Crippen molar-refractivity contribution in [2.75, 3.05) is 45.8 Å². The van der Waals surface area contributed by atoms with Crippen molar-refractivity contribution in [1.82, 2.24) is 19.6 Å². The van der Waals surface area contributed by atoms with Crippen LogP contribution < -0.4 is 0 Å². The number of amides is 1. The minimum absolute atomic E-state index is 0.0239. The first-order chi connectivity index (χ1) is 20.8. The zero-order valence-corrected chi connectivity index (χ0v) is 25.3. The summed E-state index contributed by atoms with van der Waals surface area (Å²) in [6, 6.07) is 26.6. The Morgan fingerprint density at radius 2 is 1.53 bits per heavy atom. The molecule has 3 atom stereocenters. The number of phenolic OH excluding ortho intramolecular Hbond substituents is 1. The second-order valence-electron chi connectivity index (χ2n) is 12.1. The summed E-state index contributed by atoms with van der Waals surface area (Å²) in [5.41, 5.74) is 4.03. The number of phenols is 1. The van der Waals surface area contributed by atoms with E-state index in [1.165, 1.54) is 5.56 Å². The van der Waals surface area contributed by atoms with Gasteiger partial charge in [0.05, 0.1) is 6.04 Å². The average molecular weight is 585 g/mol. The lowest BCUT2D eigenvalue weighted by Gasteiger charge is -2.47. The first kappa shape index (κ1) is 30.7. The van der Waals surface area contributed by atoms with Crippen LogP contribution in [0.15, 0.2) is 78.9 Å². The molecule has 1 unspecified atom stereocenters. The van der Waals surface area contributed by atoms with Gasteiger partial charge in [0, 0.05) is 69.9 Å². The molecule has 2 saturated heterocycles. The predicted octanol–water partition coefficient (Wildman–Crippen LogP) is 4.70. The number of aliphatic carboxylic acids is 1. The average Bonchev–Trinajstić information content (AvgIpc) is 3.00. The van der Waals surface area contributed by atoms with Crippen LogP contribution in [0.25, 0.3) is 0 Å². The van der Waals surface area contributed by atoms with Crippen molar-refractivity contribution in [3.63, 3.8) is 0 Å². The number of carboxylic acids is 1. The first-order valence-corrected chi connectivity index (χ1v) is 15.4. The standard InChI is InChI=1S/C35H44N4O4/c1-26-24-39(27(2)23-38(26)25-28-9-4-3-5-10-28)34(30-12-7-14-32(40)22-30)29-11-6-13-31(21-29)35(43)37-19-17-36(18-20-37)16-8-15-33(41)42/h3-7,9-14,21-22,26-27,34,40H,8,15-20,23-25H2,1-2H3,(H,41,42)/t26-,27-,34?/m1/s1. The van der Waals surface area contributed by atoms with Gasteiger partial charge in [-0.1, -0.05) is 54.6 Å². The zero-order chi connectivity index (χ0) is 30.3. The Hall–Kier alpha value is -3.72. The fourth-order valence-corrected chi connectivity index (χ4v) is 6.55. The summed E-state index contributed by atoms with van der Waals surface area (Å²) in [5, 5.41) is 19.3. The summed E-state index contributed by atoms with van der Waals surface area (Å²) in [6.07, 6.45) is 0.797. The molecule has 2 N–H and O–H groups in total. The maximum absolute atomic E-state index is 13.7. The second-order valence-corrected chi connectivity index (χ2v) is 12.1. The van der Waals surface area contributed by atoms with Gasteiger partial charge in [0.15, 0.2) is 0 Å². The molecule has 8 heteroatoms. The van der Waals surface area contributed by atoms with Crippen LogP contribution in [0.4, 0.5) is 0 Å². The Morgan fingerprint density at radius 1 is 0.837 bits per heavy atom. The summed E-state index contributed by atoms with van der Waals surface area (Å²) in [7, 11) is 0. The molecule has 0 aliphatic carbocycles.